The second-order valence-electron chi connectivity index (χ2n) is 5.46. The molecule has 0 aliphatic rings. The van der Waals surface area contributed by atoms with Crippen LogP contribution in [0.3, 0.4) is 0 Å². The Morgan fingerprint density at radius 2 is 2.05 bits per heavy atom. The van der Waals surface area contributed by atoms with Gasteiger partial charge in [-0.1, -0.05) is 26.0 Å². The predicted octanol–water partition coefficient (Wildman–Crippen LogP) is 3.58. The molecule has 0 fully saturated rings. The van der Waals surface area contributed by atoms with Crippen molar-refractivity contribution in [3.63, 3.8) is 0 Å². The van der Waals surface area contributed by atoms with Crippen molar-refractivity contribution < 1.29 is 9.47 Å². The minimum Gasteiger partial charge on any atom is -0.383 e. The fraction of sp³-hybridized carbons (Fsp3) is 0.647. The summed E-state index contributed by atoms with van der Waals surface area (Å²) in [6.07, 6.45) is 1.15. The van der Waals surface area contributed by atoms with E-state index in [9.17, 15) is 0 Å². The minimum atomic E-state index is 0.722. The van der Waals surface area contributed by atoms with E-state index in [2.05, 4.69) is 43.4 Å². The van der Waals surface area contributed by atoms with E-state index < -0.39 is 0 Å². The van der Waals surface area contributed by atoms with Gasteiger partial charge in [0.1, 0.15) is 0 Å². The summed E-state index contributed by atoms with van der Waals surface area (Å²) in [5, 5.41) is 3.37. The van der Waals surface area contributed by atoms with E-state index in [0.29, 0.717) is 0 Å². The molecule has 0 aliphatic carbocycles. The van der Waals surface area contributed by atoms with Crippen molar-refractivity contribution in [3.05, 3.63) is 29.8 Å². The molecule has 4 heteroatoms. The first-order valence-electron chi connectivity index (χ1n) is 7.71. The number of thioether (sulfide) groups is 1. The van der Waals surface area contributed by atoms with Crippen molar-refractivity contribution >= 4 is 11.8 Å². The summed E-state index contributed by atoms with van der Waals surface area (Å²) in [6, 6.07) is 8.69. The summed E-state index contributed by atoms with van der Waals surface area (Å²) in [6.45, 7) is 8.69. The van der Waals surface area contributed by atoms with Gasteiger partial charge in [0.25, 0.3) is 0 Å². The maximum absolute atomic E-state index is 5.64. The zero-order valence-corrected chi connectivity index (χ0v) is 14.4. The molecule has 0 heterocycles. The van der Waals surface area contributed by atoms with Gasteiger partial charge in [-0.15, -0.1) is 11.8 Å². The van der Waals surface area contributed by atoms with Gasteiger partial charge >= 0.3 is 0 Å². The van der Waals surface area contributed by atoms with E-state index in [1.165, 1.54) is 10.5 Å². The summed E-state index contributed by atoms with van der Waals surface area (Å²) in [7, 11) is 1.72. The number of nitrogens with one attached hydrogen (secondary N) is 1. The van der Waals surface area contributed by atoms with Gasteiger partial charge in [0.2, 0.25) is 0 Å². The van der Waals surface area contributed by atoms with Crippen LogP contribution >= 0.6 is 11.8 Å². The monoisotopic (exact) mass is 311 g/mol. The molecule has 0 amide bonds. The molecule has 0 saturated carbocycles. The highest BCUT2D eigenvalue weighted by Crippen LogP contribution is 2.19. The number of hydrogen-bond donors (Lipinski definition) is 1. The van der Waals surface area contributed by atoms with Crippen LogP contribution in [0.5, 0.6) is 0 Å². The Morgan fingerprint density at radius 1 is 1.19 bits per heavy atom. The first-order valence-corrected chi connectivity index (χ1v) is 8.70. The van der Waals surface area contributed by atoms with Gasteiger partial charge in [-0.05, 0) is 30.0 Å². The van der Waals surface area contributed by atoms with Crippen molar-refractivity contribution in [2.75, 3.05) is 39.2 Å². The van der Waals surface area contributed by atoms with Crippen LogP contribution in [0.4, 0.5) is 0 Å². The molecule has 0 saturated heterocycles. The van der Waals surface area contributed by atoms with Crippen molar-refractivity contribution in [3.8, 4) is 0 Å². The van der Waals surface area contributed by atoms with Gasteiger partial charge in [-0.3, -0.25) is 0 Å². The molecular formula is C17H29NO2S. The van der Waals surface area contributed by atoms with E-state index >= 15 is 0 Å². The molecule has 0 aliphatic heterocycles. The molecule has 3 nitrogen and oxygen atoms in total. The van der Waals surface area contributed by atoms with Crippen LogP contribution in [0, 0.1) is 5.92 Å². The fourth-order valence-corrected chi connectivity index (χ4v) is 2.64. The summed E-state index contributed by atoms with van der Waals surface area (Å²) in [5.41, 5.74) is 1.32. The molecule has 120 valence electrons. The normalized spacial score (nSPS) is 11.2. The van der Waals surface area contributed by atoms with Crippen molar-refractivity contribution in [2.24, 2.45) is 5.92 Å². The molecule has 21 heavy (non-hydrogen) atoms. The second-order valence-corrected chi connectivity index (χ2v) is 6.63. The maximum atomic E-state index is 5.64. The number of rotatable bonds is 12. The minimum absolute atomic E-state index is 0.722. The average Bonchev–Trinajstić information content (AvgIpc) is 2.47. The van der Waals surface area contributed by atoms with Crippen LogP contribution in [0.1, 0.15) is 25.8 Å². The highest BCUT2D eigenvalue weighted by atomic mass is 32.2. The summed E-state index contributed by atoms with van der Waals surface area (Å²) < 4.78 is 10.7. The Kier molecular flexibility index (Phi) is 10.6. The number of ether oxygens (including phenoxy) is 2. The molecule has 0 bridgehead atoms. The van der Waals surface area contributed by atoms with Gasteiger partial charge in [-0.25, -0.2) is 0 Å². The number of benzene rings is 1. The third-order valence-electron chi connectivity index (χ3n) is 3.05. The van der Waals surface area contributed by atoms with Gasteiger partial charge in [-0.2, -0.15) is 0 Å². The van der Waals surface area contributed by atoms with E-state index in [4.69, 9.17) is 9.47 Å². The lowest BCUT2D eigenvalue weighted by atomic mass is 10.1. The van der Waals surface area contributed by atoms with Crippen LogP contribution < -0.4 is 5.32 Å². The molecule has 0 aromatic heterocycles. The van der Waals surface area contributed by atoms with Gasteiger partial charge in [0, 0.05) is 37.5 Å². The van der Waals surface area contributed by atoms with Crippen LogP contribution in [0.15, 0.2) is 29.2 Å². The zero-order chi connectivity index (χ0) is 15.3. The molecule has 1 aromatic carbocycles. The summed E-state index contributed by atoms with van der Waals surface area (Å²) in [5.74, 6) is 1.73. The Labute approximate surface area is 133 Å². The average molecular weight is 311 g/mol. The van der Waals surface area contributed by atoms with Gasteiger partial charge < -0.3 is 14.8 Å². The lowest BCUT2D eigenvalue weighted by Crippen LogP contribution is -2.18. The van der Waals surface area contributed by atoms with Crippen LogP contribution in [0.2, 0.25) is 0 Å². The third-order valence-corrected chi connectivity index (χ3v) is 4.00. The van der Waals surface area contributed by atoms with Gasteiger partial charge in [0.15, 0.2) is 0 Å². The second kappa shape index (κ2) is 12.0. The smallest absolute Gasteiger partial charge is 0.0587 e. The zero-order valence-electron chi connectivity index (χ0n) is 13.6. The molecule has 0 atom stereocenters. The van der Waals surface area contributed by atoms with Crippen molar-refractivity contribution in [2.45, 2.75) is 31.7 Å². The Bertz CT molecular complexity index is 372. The predicted molar refractivity (Wildman–Crippen MR) is 91.0 cm³/mol. The van der Waals surface area contributed by atoms with Crippen LogP contribution in [0.25, 0.3) is 0 Å². The highest BCUT2D eigenvalue weighted by molar-refractivity contribution is 7.99. The molecule has 1 N–H and O–H groups in total. The maximum Gasteiger partial charge on any atom is 0.0587 e. The van der Waals surface area contributed by atoms with Gasteiger partial charge in [0.05, 0.1) is 13.2 Å². The molecular weight excluding hydrogens is 282 g/mol. The standard InChI is InChI=1S/C17H29NO2S/c1-15(2)7-9-20-11-12-21-17-6-4-5-16(13-17)14-18-8-10-19-3/h4-6,13,15,18H,7-12,14H2,1-3H3. The first kappa shape index (κ1) is 18.5. The molecule has 1 rings (SSSR count). The number of methoxy groups -OCH3 is 1. The Hall–Kier alpha value is -0.550. The van der Waals surface area contributed by atoms with E-state index in [1.807, 2.05) is 11.8 Å². The lowest BCUT2D eigenvalue weighted by molar-refractivity contribution is 0.138. The summed E-state index contributed by atoms with van der Waals surface area (Å²) >= 11 is 1.86. The van der Waals surface area contributed by atoms with E-state index in [1.54, 1.807) is 7.11 Å². The Balaban J connectivity index is 2.17. The first-order chi connectivity index (χ1) is 10.2. The van der Waals surface area contributed by atoms with E-state index in [0.717, 1.165) is 51.0 Å². The fourth-order valence-electron chi connectivity index (χ4n) is 1.79. The molecule has 0 radical (unpaired) electrons. The van der Waals surface area contributed by atoms with Crippen molar-refractivity contribution in [1.29, 1.82) is 0 Å². The quantitative estimate of drug-likeness (QED) is 0.472. The highest BCUT2D eigenvalue weighted by Gasteiger charge is 1.98. The largest absolute Gasteiger partial charge is 0.383 e. The van der Waals surface area contributed by atoms with Crippen LogP contribution in [-0.2, 0) is 16.0 Å². The SMILES string of the molecule is COCCNCc1cccc(SCCOCCC(C)C)c1. The summed E-state index contributed by atoms with van der Waals surface area (Å²) in [4.78, 5) is 1.31. The Morgan fingerprint density at radius 3 is 2.81 bits per heavy atom. The van der Waals surface area contributed by atoms with Crippen molar-refractivity contribution in [1.82, 2.24) is 5.32 Å². The number of hydrogen-bond acceptors (Lipinski definition) is 4. The lowest BCUT2D eigenvalue weighted by Gasteiger charge is -2.08. The third kappa shape index (κ3) is 9.91. The molecule has 0 spiro atoms. The molecule has 1 aromatic rings. The van der Waals surface area contributed by atoms with Crippen LogP contribution in [-0.4, -0.2) is 39.2 Å². The topological polar surface area (TPSA) is 30.5 Å². The molecule has 0 unspecified atom stereocenters. The van der Waals surface area contributed by atoms with E-state index in [-0.39, 0.29) is 0 Å².